The van der Waals surface area contributed by atoms with E-state index in [1.807, 2.05) is 48.9 Å². The Hall–Kier alpha value is -2.93. The van der Waals surface area contributed by atoms with Gasteiger partial charge in [0, 0.05) is 31.6 Å². The first-order valence-corrected chi connectivity index (χ1v) is 9.20. The van der Waals surface area contributed by atoms with E-state index in [9.17, 15) is 9.59 Å². The quantitative estimate of drug-likeness (QED) is 0.384. The molecule has 7 heteroatoms. The predicted molar refractivity (Wildman–Crippen MR) is 106 cm³/mol. The molecule has 1 aromatic heterocycles. The van der Waals surface area contributed by atoms with Crippen molar-refractivity contribution in [2.24, 2.45) is 11.8 Å². The molecule has 2 rings (SSSR count). The average Bonchev–Trinajstić information content (AvgIpc) is 3.18. The molecule has 0 saturated heterocycles. The minimum atomic E-state index is -0.565. The van der Waals surface area contributed by atoms with E-state index >= 15 is 0 Å². The van der Waals surface area contributed by atoms with Crippen molar-refractivity contribution in [2.75, 3.05) is 20.4 Å². The van der Waals surface area contributed by atoms with Gasteiger partial charge in [-0.3, -0.25) is 4.79 Å². The standard InChI is InChI=1S/C21H27N3O4/c1-16(2)19(12-22-3)21(26)28-15-27-20(25)9-8-17-4-6-18(7-5-17)13-24-11-10-23-14-24/h4-11,14,16,19,22H,12-13,15H2,1-3H3/b9-8+. The molecule has 0 aliphatic heterocycles. The molecule has 2 aromatic rings. The minimum absolute atomic E-state index is 0.132. The number of benzene rings is 1. The number of imidazole rings is 1. The lowest BCUT2D eigenvalue weighted by Gasteiger charge is -2.18. The lowest BCUT2D eigenvalue weighted by molar-refractivity contribution is -0.168. The maximum atomic E-state index is 12.0. The van der Waals surface area contributed by atoms with Crippen molar-refractivity contribution in [1.29, 1.82) is 0 Å². The molecule has 7 nitrogen and oxygen atoms in total. The van der Waals surface area contributed by atoms with E-state index in [-0.39, 0.29) is 17.8 Å². The van der Waals surface area contributed by atoms with Gasteiger partial charge in [-0.25, -0.2) is 9.78 Å². The van der Waals surface area contributed by atoms with E-state index in [1.165, 1.54) is 6.08 Å². The van der Waals surface area contributed by atoms with Crippen molar-refractivity contribution in [1.82, 2.24) is 14.9 Å². The maximum Gasteiger partial charge on any atom is 0.333 e. The molecule has 0 fully saturated rings. The van der Waals surface area contributed by atoms with Crippen molar-refractivity contribution in [3.05, 3.63) is 60.2 Å². The van der Waals surface area contributed by atoms with E-state index in [1.54, 1.807) is 25.6 Å². The molecule has 1 N–H and O–H groups in total. The minimum Gasteiger partial charge on any atom is -0.428 e. The summed E-state index contributed by atoms with van der Waals surface area (Å²) in [6, 6.07) is 7.81. The summed E-state index contributed by atoms with van der Waals surface area (Å²) in [7, 11) is 1.78. The number of nitrogens with one attached hydrogen (secondary N) is 1. The van der Waals surface area contributed by atoms with Crippen LogP contribution in [-0.2, 0) is 25.6 Å². The van der Waals surface area contributed by atoms with Gasteiger partial charge in [-0.15, -0.1) is 0 Å². The zero-order chi connectivity index (χ0) is 20.4. The summed E-state index contributed by atoms with van der Waals surface area (Å²) in [6.07, 6.45) is 8.37. The highest BCUT2D eigenvalue weighted by Gasteiger charge is 2.23. The van der Waals surface area contributed by atoms with Crippen molar-refractivity contribution in [3.8, 4) is 0 Å². The fourth-order valence-electron chi connectivity index (χ4n) is 2.60. The van der Waals surface area contributed by atoms with Crippen LogP contribution in [0.3, 0.4) is 0 Å². The van der Waals surface area contributed by atoms with Crippen LogP contribution in [0.15, 0.2) is 49.1 Å². The van der Waals surface area contributed by atoms with Gasteiger partial charge < -0.3 is 19.4 Å². The molecule has 150 valence electrons. The van der Waals surface area contributed by atoms with E-state index in [2.05, 4.69) is 10.3 Å². The molecule has 0 radical (unpaired) electrons. The zero-order valence-electron chi connectivity index (χ0n) is 16.5. The molecule has 0 saturated carbocycles. The zero-order valence-corrected chi connectivity index (χ0v) is 16.5. The van der Waals surface area contributed by atoms with Gasteiger partial charge in [0.1, 0.15) is 0 Å². The number of rotatable bonds is 10. The Labute approximate surface area is 165 Å². The summed E-state index contributed by atoms with van der Waals surface area (Å²) in [5.74, 6) is -1.09. The Kier molecular flexibility index (Phi) is 8.42. The topological polar surface area (TPSA) is 82.5 Å². The third kappa shape index (κ3) is 7.00. The van der Waals surface area contributed by atoms with Gasteiger partial charge in [0.2, 0.25) is 6.79 Å². The largest absolute Gasteiger partial charge is 0.428 e. The average molecular weight is 385 g/mol. The third-order valence-electron chi connectivity index (χ3n) is 4.25. The van der Waals surface area contributed by atoms with Gasteiger partial charge >= 0.3 is 11.9 Å². The highest BCUT2D eigenvalue weighted by Crippen LogP contribution is 2.12. The Bertz CT molecular complexity index is 767. The highest BCUT2D eigenvalue weighted by atomic mass is 16.7. The molecule has 0 aliphatic carbocycles. The van der Waals surface area contributed by atoms with Crippen molar-refractivity contribution >= 4 is 18.0 Å². The van der Waals surface area contributed by atoms with Gasteiger partial charge in [-0.2, -0.15) is 0 Å². The molecular weight excluding hydrogens is 358 g/mol. The second-order valence-electron chi connectivity index (χ2n) is 6.76. The Morgan fingerprint density at radius 2 is 1.96 bits per heavy atom. The maximum absolute atomic E-state index is 12.0. The molecule has 1 atom stereocenters. The second-order valence-corrected chi connectivity index (χ2v) is 6.76. The summed E-state index contributed by atoms with van der Waals surface area (Å²) >= 11 is 0. The molecule has 0 spiro atoms. The van der Waals surface area contributed by atoms with Crippen LogP contribution in [0, 0.1) is 11.8 Å². The van der Waals surface area contributed by atoms with Crippen molar-refractivity contribution in [2.45, 2.75) is 20.4 Å². The van der Waals surface area contributed by atoms with Crippen LogP contribution in [0.2, 0.25) is 0 Å². The SMILES string of the molecule is CNCC(C(=O)OCOC(=O)/C=C/c1ccc(Cn2ccnc2)cc1)C(C)C. The molecular formula is C21H27N3O4. The number of nitrogens with zero attached hydrogens (tertiary/aromatic N) is 2. The number of esters is 2. The van der Waals surface area contributed by atoms with Crippen LogP contribution < -0.4 is 5.32 Å². The normalized spacial score (nSPS) is 12.3. The molecule has 1 unspecified atom stereocenters. The lowest BCUT2D eigenvalue weighted by Crippen LogP contribution is -2.32. The van der Waals surface area contributed by atoms with Crippen molar-refractivity contribution < 1.29 is 19.1 Å². The smallest absolute Gasteiger partial charge is 0.333 e. The van der Waals surface area contributed by atoms with Crippen LogP contribution in [-0.4, -0.2) is 41.9 Å². The third-order valence-corrected chi connectivity index (χ3v) is 4.25. The summed E-state index contributed by atoms with van der Waals surface area (Å²) < 4.78 is 12.0. The Morgan fingerprint density at radius 1 is 1.21 bits per heavy atom. The van der Waals surface area contributed by atoms with Crippen LogP contribution in [0.25, 0.3) is 6.08 Å². The van der Waals surface area contributed by atoms with Crippen LogP contribution in [0.4, 0.5) is 0 Å². The number of ether oxygens (including phenoxy) is 2. The fourth-order valence-corrected chi connectivity index (χ4v) is 2.60. The first-order valence-electron chi connectivity index (χ1n) is 9.20. The molecule has 0 bridgehead atoms. The van der Waals surface area contributed by atoms with E-state index < -0.39 is 12.8 Å². The van der Waals surface area contributed by atoms with Crippen LogP contribution in [0.1, 0.15) is 25.0 Å². The summed E-state index contributed by atoms with van der Waals surface area (Å²) in [5.41, 5.74) is 2.00. The summed E-state index contributed by atoms with van der Waals surface area (Å²) in [6.45, 7) is 4.75. The number of aromatic nitrogens is 2. The van der Waals surface area contributed by atoms with Crippen LogP contribution in [0.5, 0.6) is 0 Å². The number of hydrogen-bond acceptors (Lipinski definition) is 6. The van der Waals surface area contributed by atoms with Gasteiger partial charge in [0.25, 0.3) is 0 Å². The summed E-state index contributed by atoms with van der Waals surface area (Å²) in [4.78, 5) is 27.8. The van der Waals surface area contributed by atoms with Gasteiger partial charge in [0.15, 0.2) is 0 Å². The molecule has 1 aromatic carbocycles. The van der Waals surface area contributed by atoms with E-state index in [0.29, 0.717) is 6.54 Å². The predicted octanol–water partition coefficient (Wildman–Crippen LogP) is 2.48. The molecule has 0 amide bonds. The number of carbonyl (C=O) groups excluding carboxylic acids is 2. The summed E-state index contributed by atoms with van der Waals surface area (Å²) in [5, 5.41) is 2.96. The van der Waals surface area contributed by atoms with E-state index in [0.717, 1.165) is 17.7 Å². The lowest BCUT2D eigenvalue weighted by atomic mass is 9.96. The van der Waals surface area contributed by atoms with Gasteiger partial charge in [-0.05, 0) is 30.2 Å². The second kappa shape index (κ2) is 11.0. The van der Waals surface area contributed by atoms with E-state index in [4.69, 9.17) is 9.47 Å². The Balaban J connectivity index is 1.76. The molecule has 28 heavy (non-hydrogen) atoms. The number of carbonyl (C=O) groups is 2. The highest BCUT2D eigenvalue weighted by molar-refractivity contribution is 5.87. The fraction of sp³-hybridized carbons (Fsp3) is 0.381. The first-order chi connectivity index (χ1) is 13.5. The molecule has 1 heterocycles. The Morgan fingerprint density at radius 3 is 2.57 bits per heavy atom. The van der Waals surface area contributed by atoms with Crippen LogP contribution >= 0.6 is 0 Å². The number of hydrogen-bond donors (Lipinski definition) is 1. The van der Waals surface area contributed by atoms with Crippen molar-refractivity contribution in [3.63, 3.8) is 0 Å². The monoisotopic (exact) mass is 385 g/mol. The van der Waals surface area contributed by atoms with Gasteiger partial charge in [-0.1, -0.05) is 38.1 Å². The van der Waals surface area contributed by atoms with Gasteiger partial charge in [0.05, 0.1) is 12.2 Å². The molecule has 0 aliphatic rings. The first kappa shape index (κ1) is 21.4.